The second-order valence-corrected chi connectivity index (χ2v) is 3.76. The van der Waals surface area contributed by atoms with Crippen LogP contribution in [0.5, 0.6) is 0 Å². The molecule has 2 N–H and O–H groups in total. The zero-order valence-electron chi connectivity index (χ0n) is 8.39. The smallest absolute Gasteiger partial charge is 0.331 e. The van der Waals surface area contributed by atoms with Crippen molar-refractivity contribution in [3.05, 3.63) is 0 Å². The summed E-state index contributed by atoms with van der Waals surface area (Å²) in [6.45, 7) is -0.794. The van der Waals surface area contributed by atoms with Gasteiger partial charge in [0, 0.05) is 12.5 Å². The second kappa shape index (κ2) is 4.83. The number of rotatable bonds is 5. The molecule has 1 fully saturated rings. The Bertz CT molecular complexity index is 226. The average molecular weight is 224 g/mol. The fourth-order valence-corrected chi connectivity index (χ4v) is 1.40. The lowest BCUT2D eigenvalue weighted by Crippen LogP contribution is -2.40. The maximum Gasteiger partial charge on any atom is 0.406 e. The van der Waals surface area contributed by atoms with Gasteiger partial charge in [0.15, 0.2) is 0 Å². The first kappa shape index (κ1) is 12.3. The first-order chi connectivity index (χ1) is 6.94. The third-order valence-corrected chi connectivity index (χ3v) is 2.25. The largest absolute Gasteiger partial charge is 0.406 e. The number of hydrogen-bond acceptors (Lipinski definition) is 2. The minimum absolute atomic E-state index is 0.114. The Labute approximate surface area is 86.4 Å². The number of nitrogens with two attached hydrogens (primary N) is 1. The van der Waals surface area contributed by atoms with Crippen molar-refractivity contribution < 1.29 is 18.0 Å². The molecule has 0 radical (unpaired) electrons. The van der Waals surface area contributed by atoms with Gasteiger partial charge in [-0.2, -0.15) is 13.2 Å². The lowest BCUT2D eigenvalue weighted by atomic mass is 10.2. The molecule has 15 heavy (non-hydrogen) atoms. The van der Waals surface area contributed by atoms with E-state index in [1.54, 1.807) is 0 Å². The summed E-state index contributed by atoms with van der Waals surface area (Å²) in [5.74, 6) is -0.430. The SMILES string of the molecule is NCCCC(=O)N(CC(F)(F)F)C1CC1. The van der Waals surface area contributed by atoms with Gasteiger partial charge in [-0.3, -0.25) is 4.79 Å². The highest BCUT2D eigenvalue weighted by atomic mass is 19.4. The van der Waals surface area contributed by atoms with Gasteiger partial charge in [-0.1, -0.05) is 0 Å². The zero-order valence-corrected chi connectivity index (χ0v) is 8.39. The van der Waals surface area contributed by atoms with Crippen LogP contribution in [0.3, 0.4) is 0 Å². The normalized spacial score (nSPS) is 16.5. The van der Waals surface area contributed by atoms with Crippen molar-refractivity contribution in [1.82, 2.24) is 4.90 Å². The van der Waals surface area contributed by atoms with E-state index in [9.17, 15) is 18.0 Å². The summed E-state index contributed by atoms with van der Waals surface area (Å²) in [6, 6.07) is -0.197. The number of carbonyl (C=O) groups excluding carboxylic acids is 1. The molecule has 1 rings (SSSR count). The van der Waals surface area contributed by atoms with Crippen molar-refractivity contribution in [2.75, 3.05) is 13.1 Å². The molecule has 0 spiro atoms. The van der Waals surface area contributed by atoms with Gasteiger partial charge in [0.25, 0.3) is 0 Å². The molecule has 0 aromatic heterocycles. The van der Waals surface area contributed by atoms with Crippen LogP contribution in [0, 0.1) is 0 Å². The topological polar surface area (TPSA) is 46.3 Å². The molecule has 3 nitrogen and oxygen atoms in total. The number of hydrogen-bond donors (Lipinski definition) is 1. The number of carbonyl (C=O) groups is 1. The van der Waals surface area contributed by atoms with Gasteiger partial charge >= 0.3 is 6.18 Å². The zero-order chi connectivity index (χ0) is 11.5. The van der Waals surface area contributed by atoms with Crippen LogP contribution >= 0.6 is 0 Å². The van der Waals surface area contributed by atoms with E-state index in [-0.39, 0.29) is 12.5 Å². The molecule has 88 valence electrons. The maximum absolute atomic E-state index is 12.2. The Morgan fingerprint density at radius 1 is 1.40 bits per heavy atom. The Kier molecular flexibility index (Phi) is 3.96. The van der Waals surface area contributed by atoms with E-state index < -0.39 is 18.6 Å². The second-order valence-electron chi connectivity index (χ2n) is 3.76. The van der Waals surface area contributed by atoms with Gasteiger partial charge in [0.05, 0.1) is 0 Å². The third-order valence-electron chi connectivity index (χ3n) is 2.25. The van der Waals surface area contributed by atoms with Crippen LogP contribution in [0.1, 0.15) is 25.7 Å². The fourth-order valence-electron chi connectivity index (χ4n) is 1.40. The average Bonchev–Trinajstić information content (AvgIpc) is 2.92. The van der Waals surface area contributed by atoms with Crippen molar-refractivity contribution in [1.29, 1.82) is 0 Å². The summed E-state index contributed by atoms with van der Waals surface area (Å²) in [7, 11) is 0. The van der Waals surface area contributed by atoms with E-state index in [0.29, 0.717) is 25.8 Å². The van der Waals surface area contributed by atoms with Crippen LogP contribution in [-0.4, -0.2) is 36.1 Å². The van der Waals surface area contributed by atoms with Gasteiger partial charge in [0.1, 0.15) is 6.54 Å². The molecule has 0 aromatic carbocycles. The first-order valence-corrected chi connectivity index (χ1v) is 5.00. The molecule has 1 aliphatic carbocycles. The Morgan fingerprint density at radius 2 is 2.00 bits per heavy atom. The maximum atomic E-state index is 12.2. The van der Waals surface area contributed by atoms with Crippen molar-refractivity contribution >= 4 is 5.91 Å². The fraction of sp³-hybridized carbons (Fsp3) is 0.889. The predicted molar refractivity (Wildman–Crippen MR) is 49.1 cm³/mol. The van der Waals surface area contributed by atoms with Gasteiger partial charge in [-0.15, -0.1) is 0 Å². The van der Waals surface area contributed by atoms with Crippen LogP contribution in [0.15, 0.2) is 0 Å². The summed E-state index contributed by atoms with van der Waals surface area (Å²) < 4.78 is 36.5. The standard InChI is InChI=1S/C9H15F3N2O/c10-9(11,12)6-14(7-3-4-7)8(15)2-1-5-13/h7H,1-6,13H2. The van der Waals surface area contributed by atoms with Crippen LogP contribution in [0.4, 0.5) is 13.2 Å². The third kappa shape index (κ3) is 4.51. The molecular formula is C9H15F3N2O. The molecule has 0 atom stereocenters. The summed E-state index contributed by atoms with van der Waals surface area (Å²) in [4.78, 5) is 12.4. The Morgan fingerprint density at radius 3 is 2.40 bits per heavy atom. The molecule has 1 amide bonds. The highest BCUT2D eigenvalue weighted by Crippen LogP contribution is 2.30. The number of alkyl halides is 3. The lowest BCUT2D eigenvalue weighted by Gasteiger charge is -2.23. The van der Waals surface area contributed by atoms with Crippen LogP contribution in [-0.2, 0) is 4.79 Å². The summed E-state index contributed by atoms with van der Waals surface area (Å²) >= 11 is 0. The Hall–Kier alpha value is -0.780. The van der Waals surface area contributed by atoms with Crippen LogP contribution < -0.4 is 5.73 Å². The summed E-state index contributed by atoms with van der Waals surface area (Å²) in [5.41, 5.74) is 5.20. The molecular weight excluding hydrogens is 209 g/mol. The molecule has 0 heterocycles. The summed E-state index contributed by atoms with van der Waals surface area (Å²) in [5, 5.41) is 0. The van der Waals surface area contributed by atoms with E-state index in [1.807, 2.05) is 0 Å². The van der Waals surface area contributed by atoms with Gasteiger partial charge < -0.3 is 10.6 Å². The van der Waals surface area contributed by atoms with Crippen LogP contribution in [0.25, 0.3) is 0 Å². The minimum atomic E-state index is -4.30. The number of amides is 1. The monoisotopic (exact) mass is 224 g/mol. The molecule has 0 aliphatic heterocycles. The Balaban J connectivity index is 2.46. The van der Waals surface area contributed by atoms with Gasteiger partial charge in [-0.05, 0) is 25.8 Å². The van der Waals surface area contributed by atoms with Gasteiger partial charge in [0.2, 0.25) is 5.91 Å². The minimum Gasteiger partial charge on any atom is -0.331 e. The highest BCUT2D eigenvalue weighted by molar-refractivity contribution is 5.76. The first-order valence-electron chi connectivity index (χ1n) is 5.00. The van der Waals surface area contributed by atoms with Crippen LogP contribution in [0.2, 0.25) is 0 Å². The van der Waals surface area contributed by atoms with E-state index >= 15 is 0 Å². The van der Waals surface area contributed by atoms with E-state index in [0.717, 1.165) is 4.90 Å². The molecule has 6 heteroatoms. The molecule has 0 saturated heterocycles. The number of nitrogens with zero attached hydrogens (tertiary/aromatic N) is 1. The molecule has 0 unspecified atom stereocenters. The predicted octanol–water partition coefficient (Wildman–Crippen LogP) is 1.28. The van der Waals surface area contributed by atoms with E-state index in [1.165, 1.54) is 0 Å². The molecule has 0 bridgehead atoms. The lowest BCUT2D eigenvalue weighted by molar-refractivity contribution is -0.162. The number of halogens is 3. The highest BCUT2D eigenvalue weighted by Gasteiger charge is 2.40. The molecule has 1 aliphatic rings. The van der Waals surface area contributed by atoms with Crippen molar-refractivity contribution in [2.45, 2.75) is 37.9 Å². The van der Waals surface area contributed by atoms with Crippen molar-refractivity contribution in [2.24, 2.45) is 5.73 Å². The quantitative estimate of drug-likeness (QED) is 0.764. The van der Waals surface area contributed by atoms with E-state index in [2.05, 4.69) is 0 Å². The van der Waals surface area contributed by atoms with Gasteiger partial charge in [-0.25, -0.2) is 0 Å². The summed E-state index contributed by atoms with van der Waals surface area (Å²) in [6.07, 6.45) is -2.38. The van der Waals surface area contributed by atoms with E-state index in [4.69, 9.17) is 5.73 Å². The van der Waals surface area contributed by atoms with Crippen molar-refractivity contribution in [3.63, 3.8) is 0 Å². The van der Waals surface area contributed by atoms with Crippen molar-refractivity contribution in [3.8, 4) is 0 Å². The molecule has 0 aromatic rings. The molecule has 1 saturated carbocycles.